The van der Waals surface area contributed by atoms with Gasteiger partial charge in [0.1, 0.15) is 5.75 Å². The van der Waals surface area contributed by atoms with Crippen molar-refractivity contribution >= 4 is 0 Å². The number of hydrogen-bond acceptors (Lipinski definition) is 3. The predicted molar refractivity (Wildman–Crippen MR) is 81.5 cm³/mol. The van der Waals surface area contributed by atoms with Crippen molar-refractivity contribution in [2.75, 3.05) is 13.7 Å². The molecule has 19 heavy (non-hydrogen) atoms. The molecule has 3 nitrogen and oxygen atoms in total. The summed E-state index contributed by atoms with van der Waals surface area (Å²) in [5.41, 5.74) is 7.58. The fourth-order valence-electron chi connectivity index (χ4n) is 2.55. The van der Waals surface area contributed by atoms with Crippen LogP contribution in [0.3, 0.4) is 0 Å². The zero-order chi connectivity index (χ0) is 14.4. The molecule has 0 aliphatic heterocycles. The minimum atomic E-state index is 0.0276. The molecular weight excluding hydrogens is 236 g/mol. The summed E-state index contributed by atoms with van der Waals surface area (Å²) in [6.45, 7) is 9.92. The average Bonchev–Trinajstić information content (AvgIpc) is 2.46. The van der Waals surface area contributed by atoms with Crippen molar-refractivity contribution < 1.29 is 4.74 Å². The van der Waals surface area contributed by atoms with E-state index in [4.69, 9.17) is 10.5 Å². The lowest BCUT2D eigenvalue weighted by Crippen LogP contribution is -2.45. The van der Waals surface area contributed by atoms with Crippen molar-refractivity contribution in [1.29, 1.82) is 0 Å². The number of likely N-dealkylation sites (N-methyl/N-ethyl adjacent to an activating group) is 1. The van der Waals surface area contributed by atoms with Crippen LogP contribution >= 0.6 is 0 Å². The van der Waals surface area contributed by atoms with E-state index in [-0.39, 0.29) is 6.04 Å². The number of nitrogens with zero attached hydrogens (tertiary/aromatic N) is 1. The highest BCUT2D eigenvalue weighted by Gasteiger charge is 2.23. The molecule has 0 saturated carbocycles. The Kier molecular flexibility index (Phi) is 6.32. The van der Waals surface area contributed by atoms with Gasteiger partial charge in [0, 0.05) is 18.1 Å². The molecule has 0 amide bonds. The van der Waals surface area contributed by atoms with Crippen molar-refractivity contribution in [3.63, 3.8) is 0 Å². The summed E-state index contributed by atoms with van der Waals surface area (Å²) in [6, 6.07) is 8.98. The van der Waals surface area contributed by atoms with Gasteiger partial charge in [-0.3, -0.25) is 4.90 Å². The number of methoxy groups -OCH3 is 1. The van der Waals surface area contributed by atoms with Crippen LogP contribution in [-0.2, 0) is 0 Å². The lowest BCUT2D eigenvalue weighted by molar-refractivity contribution is 0.139. The quantitative estimate of drug-likeness (QED) is 0.822. The van der Waals surface area contributed by atoms with Crippen LogP contribution in [0, 0.1) is 0 Å². The predicted octanol–water partition coefficient (Wildman–Crippen LogP) is 3.20. The maximum absolute atomic E-state index is 6.42. The Hall–Kier alpha value is -1.06. The Balaban J connectivity index is 2.81. The summed E-state index contributed by atoms with van der Waals surface area (Å²) >= 11 is 0. The first-order valence-corrected chi connectivity index (χ1v) is 7.20. The van der Waals surface area contributed by atoms with E-state index in [0.717, 1.165) is 24.3 Å². The van der Waals surface area contributed by atoms with Crippen molar-refractivity contribution in [3.8, 4) is 5.75 Å². The monoisotopic (exact) mass is 264 g/mol. The maximum Gasteiger partial charge on any atom is 0.118 e. The van der Waals surface area contributed by atoms with Gasteiger partial charge in [-0.2, -0.15) is 0 Å². The molecule has 0 radical (unpaired) electrons. The molecule has 0 bridgehead atoms. The van der Waals surface area contributed by atoms with Crippen LogP contribution in [0.4, 0.5) is 0 Å². The van der Waals surface area contributed by atoms with E-state index in [1.807, 2.05) is 12.1 Å². The highest BCUT2D eigenvalue weighted by molar-refractivity contribution is 5.29. The first-order chi connectivity index (χ1) is 9.04. The molecule has 0 fully saturated rings. The van der Waals surface area contributed by atoms with Gasteiger partial charge in [-0.15, -0.1) is 0 Å². The largest absolute Gasteiger partial charge is 0.497 e. The Bertz CT molecular complexity index is 364. The van der Waals surface area contributed by atoms with Gasteiger partial charge in [0.25, 0.3) is 0 Å². The SMILES string of the molecule is CCC(C)N(CC)C(C)C(N)c1ccc(OC)cc1. The minimum absolute atomic E-state index is 0.0276. The molecule has 0 aromatic heterocycles. The van der Waals surface area contributed by atoms with E-state index in [0.29, 0.717) is 12.1 Å². The molecule has 0 aliphatic carbocycles. The van der Waals surface area contributed by atoms with E-state index >= 15 is 0 Å². The van der Waals surface area contributed by atoms with E-state index in [1.165, 1.54) is 0 Å². The van der Waals surface area contributed by atoms with Crippen molar-refractivity contribution in [1.82, 2.24) is 4.90 Å². The topological polar surface area (TPSA) is 38.5 Å². The molecule has 3 atom stereocenters. The van der Waals surface area contributed by atoms with Gasteiger partial charge < -0.3 is 10.5 Å². The van der Waals surface area contributed by atoms with Gasteiger partial charge in [0.2, 0.25) is 0 Å². The highest BCUT2D eigenvalue weighted by atomic mass is 16.5. The van der Waals surface area contributed by atoms with E-state index < -0.39 is 0 Å². The third-order valence-electron chi connectivity index (χ3n) is 4.07. The molecule has 3 heteroatoms. The van der Waals surface area contributed by atoms with Gasteiger partial charge in [-0.25, -0.2) is 0 Å². The molecule has 3 unspecified atom stereocenters. The Morgan fingerprint density at radius 2 is 1.74 bits per heavy atom. The second kappa shape index (κ2) is 7.51. The van der Waals surface area contributed by atoms with Gasteiger partial charge in [0.05, 0.1) is 7.11 Å². The zero-order valence-electron chi connectivity index (χ0n) is 12.9. The smallest absolute Gasteiger partial charge is 0.118 e. The molecule has 0 heterocycles. The molecule has 1 aromatic rings. The lowest BCUT2D eigenvalue weighted by Gasteiger charge is -2.36. The first-order valence-electron chi connectivity index (χ1n) is 7.20. The zero-order valence-corrected chi connectivity index (χ0v) is 12.9. The van der Waals surface area contributed by atoms with E-state index in [9.17, 15) is 0 Å². The van der Waals surface area contributed by atoms with Crippen LogP contribution in [0.5, 0.6) is 5.75 Å². The summed E-state index contributed by atoms with van der Waals surface area (Å²) in [7, 11) is 1.68. The van der Waals surface area contributed by atoms with Crippen LogP contribution in [0.25, 0.3) is 0 Å². The van der Waals surface area contributed by atoms with Crippen LogP contribution in [0.1, 0.15) is 45.7 Å². The van der Waals surface area contributed by atoms with Crippen LogP contribution in [0.15, 0.2) is 24.3 Å². The normalized spacial score (nSPS) is 16.2. The second-order valence-corrected chi connectivity index (χ2v) is 5.13. The van der Waals surface area contributed by atoms with E-state index in [1.54, 1.807) is 7.11 Å². The third kappa shape index (κ3) is 3.95. The molecule has 0 spiro atoms. The molecule has 1 aromatic carbocycles. The standard InChI is InChI=1S/C16H28N2O/c1-6-12(3)18(7-2)13(4)16(17)14-8-10-15(19-5)11-9-14/h8-13,16H,6-7,17H2,1-5H3. The van der Waals surface area contributed by atoms with Gasteiger partial charge >= 0.3 is 0 Å². The van der Waals surface area contributed by atoms with Crippen molar-refractivity contribution in [3.05, 3.63) is 29.8 Å². The minimum Gasteiger partial charge on any atom is -0.497 e. The fraction of sp³-hybridized carbons (Fsp3) is 0.625. The number of ether oxygens (including phenoxy) is 1. The summed E-state index contributed by atoms with van der Waals surface area (Å²) in [4.78, 5) is 2.47. The highest BCUT2D eigenvalue weighted by Crippen LogP contribution is 2.23. The van der Waals surface area contributed by atoms with Crippen LogP contribution < -0.4 is 10.5 Å². The Morgan fingerprint density at radius 3 is 2.16 bits per heavy atom. The van der Waals surface area contributed by atoms with Crippen molar-refractivity contribution in [2.24, 2.45) is 5.73 Å². The summed E-state index contributed by atoms with van der Waals surface area (Å²) in [5, 5.41) is 0. The first kappa shape index (κ1) is 16.0. The lowest BCUT2D eigenvalue weighted by atomic mass is 9.98. The van der Waals surface area contributed by atoms with Gasteiger partial charge in [-0.05, 0) is 44.5 Å². The van der Waals surface area contributed by atoms with Crippen LogP contribution in [0.2, 0.25) is 0 Å². The van der Waals surface area contributed by atoms with Gasteiger partial charge in [-0.1, -0.05) is 26.0 Å². The fourth-order valence-corrected chi connectivity index (χ4v) is 2.55. The molecule has 0 saturated heterocycles. The summed E-state index contributed by atoms with van der Waals surface area (Å²) < 4.78 is 5.18. The molecule has 1 rings (SSSR count). The third-order valence-corrected chi connectivity index (χ3v) is 4.07. The second-order valence-electron chi connectivity index (χ2n) is 5.13. The Morgan fingerprint density at radius 1 is 1.16 bits per heavy atom. The van der Waals surface area contributed by atoms with Crippen LogP contribution in [-0.4, -0.2) is 30.6 Å². The molecule has 2 N–H and O–H groups in total. The summed E-state index contributed by atoms with van der Waals surface area (Å²) in [5.74, 6) is 0.873. The maximum atomic E-state index is 6.42. The number of rotatable bonds is 7. The average molecular weight is 264 g/mol. The number of nitrogens with two attached hydrogens (primary N) is 1. The van der Waals surface area contributed by atoms with E-state index in [2.05, 4.69) is 44.7 Å². The summed E-state index contributed by atoms with van der Waals surface area (Å²) in [6.07, 6.45) is 1.15. The van der Waals surface area contributed by atoms with Crippen molar-refractivity contribution in [2.45, 2.75) is 52.2 Å². The van der Waals surface area contributed by atoms with Gasteiger partial charge in [0.15, 0.2) is 0 Å². The molecule has 108 valence electrons. The molecular formula is C16H28N2O. The Labute approximate surface area is 117 Å². The number of hydrogen-bond donors (Lipinski definition) is 1. The number of benzene rings is 1. The molecule has 0 aliphatic rings.